The minimum absolute atomic E-state index is 0.00323. The maximum Gasteiger partial charge on any atom is 0.311 e. The van der Waals surface area contributed by atoms with Crippen molar-refractivity contribution in [2.75, 3.05) is 14.2 Å². The van der Waals surface area contributed by atoms with Gasteiger partial charge in [0.05, 0.1) is 31.2 Å². The van der Waals surface area contributed by atoms with Crippen LogP contribution in [0.15, 0.2) is 12.2 Å². The molecule has 4 aliphatic carbocycles. The van der Waals surface area contributed by atoms with E-state index in [0.29, 0.717) is 25.7 Å². The Bertz CT molecular complexity index is 863. The standard InChI is InChI=1S/C25H38O6Si/c1-16-13-24-14-25(16,31-32(5,6)7)12-9-17(24)23(15-26)11-8-10-22(2,21(28)30-4)19(23)18(24)20(27)29-3/h15,17-19H,1,8-14H2,2-7H3/t17?,18?,19?,22?,23-,24+,25+/m0/s1. The molecule has 0 aromatic carbocycles. The summed E-state index contributed by atoms with van der Waals surface area (Å²) < 4.78 is 17.4. The lowest BCUT2D eigenvalue weighted by Gasteiger charge is -2.50. The van der Waals surface area contributed by atoms with Crippen molar-refractivity contribution in [1.29, 1.82) is 0 Å². The van der Waals surface area contributed by atoms with Gasteiger partial charge in [0.15, 0.2) is 8.32 Å². The summed E-state index contributed by atoms with van der Waals surface area (Å²) in [4.78, 5) is 39.6. The second kappa shape index (κ2) is 7.26. The molecule has 0 saturated heterocycles. The van der Waals surface area contributed by atoms with E-state index in [2.05, 4.69) is 26.2 Å². The number of esters is 2. The average Bonchev–Trinajstić information content (AvgIpc) is 3.10. The largest absolute Gasteiger partial charge is 0.469 e. The quantitative estimate of drug-likeness (QED) is 0.262. The summed E-state index contributed by atoms with van der Waals surface area (Å²) in [6.45, 7) is 12.9. The van der Waals surface area contributed by atoms with Gasteiger partial charge in [0, 0.05) is 11.3 Å². The lowest BCUT2D eigenvalue weighted by Crippen LogP contribution is -2.53. The van der Waals surface area contributed by atoms with E-state index < -0.39 is 42.0 Å². The topological polar surface area (TPSA) is 78.9 Å². The first-order valence-electron chi connectivity index (χ1n) is 11.9. The second-order valence-electron chi connectivity index (χ2n) is 12.0. The lowest BCUT2D eigenvalue weighted by molar-refractivity contribution is -0.171. The van der Waals surface area contributed by atoms with Gasteiger partial charge >= 0.3 is 11.9 Å². The Kier molecular flexibility index (Phi) is 5.37. The van der Waals surface area contributed by atoms with E-state index in [9.17, 15) is 14.4 Å². The Morgan fingerprint density at radius 2 is 1.81 bits per heavy atom. The van der Waals surface area contributed by atoms with Gasteiger partial charge in [0.2, 0.25) is 0 Å². The molecule has 0 N–H and O–H groups in total. The fourth-order valence-electron chi connectivity index (χ4n) is 8.68. The number of methoxy groups -OCH3 is 2. The highest BCUT2D eigenvalue weighted by atomic mass is 28.4. The van der Waals surface area contributed by atoms with Crippen LogP contribution in [0.1, 0.15) is 51.9 Å². The molecule has 178 valence electrons. The molecular formula is C25H38O6Si. The smallest absolute Gasteiger partial charge is 0.311 e. The van der Waals surface area contributed by atoms with Crippen molar-refractivity contribution in [1.82, 2.24) is 0 Å². The number of ether oxygens (including phenoxy) is 2. The number of fused-ring (bicyclic) bond motifs is 3. The molecule has 1 spiro atoms. The molecule has 4 aliphatic rings. The van der Waals surface area contributed by atoms with E-state index in [1.54, 1.807) is 0 Å². The van der Waals surface area contributed by atoms with E-state index in [1.807, 2.05) is 6.92 Å². The molecule has 0 amide bonds. The highest BCUT2D eigenvalue weighted by Gasteiger charge is 2.79. The minimum atomic E-state index is -1.90. The Morgan fingerprint density at radius 3 is 2.38 bits per heavy atom. The number of carbonyl (C=O) groups is 3. The molecule has 32 heavy (non-hydrogen) atoms. The van der Waals surface area contributed by atoms with Gasteiger partial charge in [-0.15, -0.1) is 0 Å². The molecule has 7 atom stereocenters. The van der Waals surface area contributed by atoms with Gasteiger partial charge in [-0.1, -0.05) is 13.0 Å². The van der Waals surface area contributed by atoms with Crippen LogP contribution >= 0.6 is 0 Å². The van der Waals surface area contributed by atoms with Gasteiger partial charge in [0.25, 0.3) is 0 Å². The predicted molar refractivity (Wildman–Crippen MR) is 122 cm³/mol. The maximum absolute atomic E-state index is 13.5. The summed E-state index contributed by atoms with van der Waals surface area (Å²) in [6, 6.07) is 0. The second-order valence-corrected chi connectivity index (χ2v) is 16.4. The summed E-state index contributed by atoms with van der Waals surface area (Å²) in [6.07, 6.45) is 6.08. The van der Waals surface area contributed by atoms with Gasteiger partial charge in [-0.25, -0.2) is 0 Å². The number of aldehydes is 1. The van der Waals surface area contributed by atoms with Crippen LogP contribution in [-0.4, -0.2) is 46.4 Å². The van der Waals surface area contributed by atoms with Crippen LogP contribution in [0.25, 0.3) is 0 Å². The highest BCUT2D eigenvalue weighted by molar-refractivity contribution is 6.69. The van der Waals surface area contributed by atoms with E-state index in [1.165, 1.54) is 14.2 Å². The van der Waals surface area contributed by atoms with E-state index >= 15 is 0 Å². The number of hydrogen-bond donors (Lipinski definition) is 0. The Morgan fingerprint density at radius 1 is 1.12 bits per heavy atom. The van der Waals surface area contributed by atoms with Crippen molar-refractivity contribution in [2.24, 2.45) is 34.0 Å². The molecule has 0 aliphatic heterocycles. The molecule has 4 unspecified atom stereocenters. The van der Waals surface area contributed by atoms with Crippen LogP contribution in [-0.2, 0) is 28.3 Å². The van der Waals surface area contributed by atoms with E-state index in [0.717, 1.165) is 31.1 Å². The third-order valence-electron chi connectivity index (χ3n) is 9.33. The molecule has 4 saturated carbocycles. The third kappa shape index (κ3) is 2.89. The molecular weight excluding hydrogens is 424 g/mol. The first kappa shape index (κ1) is 23.7. The van der Waals surface area contributed by atoms with E-state index in [4.69, 9.17) is 13.9 Å². The number of hydrogen-bond acceptors (Lipinski definition) is 6. The molecule has 6 nitrogen and oxygen atoms in total. The first-order valence-corrected chi connectivity index (χ1v) is 15.3. The fraction of sp³-hybridized carbons (Fsp3) is 0.800. The zero-order valence-corrected chi connectivity index (χ0v) is 21.4. The SMILES string of the molecule is C=C1C[C@@]23C[C@]1(O[Si](C)(C)C)CCC2[C@@]1(C=O)CCCC(C)(C(=O)OC)C1C3C(=O)OC. The van der Waals surface area contributed by atoms with Crippen molar-refractivity contribution < 1.29 is 28.3 Å². The zero-order valence-electron chi connectivity index (χ0n) is 20.4. The molecule has 0 aromatic heterocycles. The summed E-state index contributed by atoms with van der Waals surface area (Å²) in [5, 5.41) is 0. The van der Waals surface area contributed by atoms with Crippen LogP contribution < -0.4 is 0 Å². The molecule has 0 radical (unpaired) electrons. The van der Waals surface area contributed by atoms with Crippen molar-refractivity contribution in [3.05, 3.63) is 12.2 Å². The lowest BCUT2D eigenvalue weighted by atomic mass is 9.53. The zero-order chi connectivity index (χ0) is 23.7. The van der Waals surface area contributed by atoms with Crippen molar-refractivity contribution >= 4 is 26.5 Å². The Hall–Kier alpha value is -1.47. The fourth-order valence-corrected chi connectivity index (χ4v) is 10.2. The average molecular weight is 463 g/mol. The Labute approximate surface area is 192 Å². The van der Waals surface area contributed by atoms with Crippen LogP contribution in [0.5, 0.6) is 0 Å². The van der Waals surface area contributed by atoms with Crippen LogP contribution in [0, 0.1) is 34.0 Å². The maximum atomic E-state index is 13.5. The van der Waals surface area contributed by atoms with Gasteiger partial charge in [-0.05, 0) is 82.0 Å². The van der Waals surface area contributed by atoms with Crippen LogP contribution in [0.4, 0.5) is 0 Å². The van der Waals surface area contributed by atoms with Crippen molar-refractivity contribution in [2.45, 2.75) is 77.1 Å². The molecule has 0 heterocycles. The molecule has 4 rings (SSSR count). The molecule has 2 bridgehead atoms. The summed E-state index contributed by atoms with van der Waals surface area (Å²) in [7, 11) is 0.904. The summed E-state index contributed by atoms with van der Waals surface area (Å²) >= 11 is 0. The number of rotatable bonds is 5. The number of carbonyl (C=O) groups excluding carboxylic acids is 3. The van der Waals surface area contributed by atoms with Gasteiger partial charge in [-0.2, -0.15) is 0 Å². The Balaban J connectivity index is 1.93. The summed E-state index contributed by atoms with van der Waals surface area (Å²) in [5.74, 6) is -1.66. The van der Waals surface area contributed by atoms with Crippen molar-refractivity contribution in [3.8, 4) is 0 Å². The van der Waals surface area contributed by atoms with Gasteiger partial charge < -0.3 is 18.7 Å². The van der Waals surface area contributed by atoms with Crippen LogP contribution in [0.2, 0.25) is 19.6 Å². The van der Waals surface area contributed by atoms with Gasteiger partial charge in [0.1, 0.15) is 6.29 Å². The third-order valence-corrected chi connectivity index (χ3v) is 10.3. The van der Waals surface area contributed by atoms with Gasteiger partial charge in [-0.3, -0.25) is 9.59 Å². The van der Waals surface area contributed by atoms with Crippen molar-refractivity contribution in [3.63, 3.8) is 0 Å². The molecule has 7 heteroatoms. The molecule has 0 aromatic rings. The monoisotopic (exact) mass is 462 g/mol. The van der Waals surface area contributed by atoms with E-state index in [-0.39, 0.29) is 17.9 Å². The minimum Gasteiger partial charge on any atom is -0.469 e. The first-order chi connectivity index (χ1) is 14.9. The van der Waals surface area contributed by atoms with Crippen LogP contribution in [0.3, 0.4) is 0 Å². The molecule has 4 fully saturated rings. The predicted octanol–water partition coefficient (Wildman–Crippen LogP) is 4.29. The normalized spacial score (nSPS) is 45.1. The highest BCUT2D eigenvalue weighted by Crippen LogP contribution is 2.78. The summed E-state index contributed by atoms with van der Waals surface area (Å²) in [5.41, 5.74) is -1.54.